The van der Waals surface area contributed by atoms with Crippen LogP contribution in [0.2, 0.25) is 0 Å². The van der Waals surface area contributed by atoms with Crippen LogP contribution in [-0.2, 0) is 14.3 Å². The highest BCUT2D eigenvalue weighted by Crippen LogP contribution is 2.27. The Morgan fingerprint density at radius 2 is 2.04 bits per heavy atom. The van der Waals surface area contributed by atoms with Gasteiger partial charge in [-0.3, -0.25) is 9.59 Å². The molecule has 2 N–H and O–H groups in total. The third-order valence-corrected chi connectivity index (χ3v) is 2.90. The topological polar surface area (TPSA) is 98.2 Å². The van der Waals surface area contributed by atoms with E-state index in [1.165, 1.54) is 20.4 Å². The summed E-state index contributed by atoms with van der Waals surface area (Å²) in [5.41, 5.74) is 2.99. The third-order valence-electron chi connectivity index (χ3n) is 2.90. The first-order valence-corrected chi connectivity index (χ1v) is 7.60. The zero-order valence-corrected chi connectivity index (χ0v) is 14.4. The van der Waals surface area contributed by atoms with Gasteiger partial charge in [0.2, 0.25) is 11.8 Å². The predicted molar refractivity (Wildman–Crippen MR) is 93.9 cm³/mol. The largest absolute Gasteiger partial charge is 0.493 e. The van der Waals surface area contributed by atoms with E-state index in [1.807, 2.05) is 0 Å². The number of carbonyl (C=O) groups is 2. The van der Waals surface area contributed by atoms with Gasteiger partial charge in [0.1, 0.15) is 13.0 Å². The minimum absolute atomic E-state index is 0.307. The van der Waals surface area contributed by atoms with Crippen LogP contribution in [0.1, 0.15) is 12.0 Å². The molecule has 0 saturated carbocycles. The summed E-state index contributed by atoms with van der Waals surface area (Å²) < 4.78 is 15.5. The number of hydrogen-bond donors (Lipinski definition) is 2. The van der Waals surface area contributed by atoms with Crippen molar-refractivity contribution in [3.8, 4) is 11.5 Å². The first-order valence-electron chi connectivity index (χ1n) is 7.60. The SMILES string of the molecule is C=CCOc1ccc(/C=N\NC(=O)CC(=O)NCCOC)cc1OC. The van der Waals surface area contributed by atoms with Gasteiger partial charge in [-0.15, -0.1) is 0 Å². The van der Waals surface area contributed by atoms with E-state index >= 15 is 0 Å². The third kappa shape index (κ3) is 7.98. The molecule has 0 bridgehead atoms. The fourth-order valence-electron chi connectivity index (χ4n) is 1.75. The second kappa shape index (κ2) is 11.6. The van der Waals surface area contributed by atoms with Crippen LogP contribution in [0, 0.1) is 0 Å². The van der Waals surface area contributed by atoms with E-state index in [-0.39, 0.29) is 6.42 Å². The molecular weight excluding hydrogens is 326 g/mol. The summed E-state index contributed by atoms with van der Waals surface area (Å²) >= 11 is 0. The van der Waals surface area contributed by atoms with Crippen molar-refractivity contribution in [1.29, 1.82) is 0 Å². The highest BCUT2D eigenvalue weighted by molar-refractivity contribution is 5.97. The summed E-state index contributed by atoms with van der Waals surface area (Å²) in [4.78, 5) is 23.1. The number of nitrogens with one attached hydrogen (secondary N) is 2. The maximum absolute atomic E-state index is 11.6. The molecule has 0 unspecified atom stereocenters. The zero-order valence-electron chi connectivity index (χ0n) is 14.4. The number of nitrogens with zero attached hydrogens (tertiary/aromatic N) is 1. The van der Waals surface area contributed by atoms with Crippen LogP contribution >= 0.6 is 0 Å². The maximum Gasteiger partial charge on any atom is 0.249 e. The van der Waals surface area contributed by atoms with E-state index in [2.05, 4.69) is 22.4 Å². The second-order valence-electron chi connectivity index (χ2n) is 4.82. The van der Waals surface area contributed by atoms with Crippen molar-refractivity contribution in [2.45, 2.75) is 6.42 Å². The molecule has 1 rings (SSSR count). The van der Waals surface area contributed by atoms with Gasteiger partial charge in [0.25, 0.3) is 0 Å². The van der Waals surface area contributed by atoms with Gasteiger partial charge in [0, 0.05) is 13.7 Å². The second-order valence-corrected chi connectivity index (χ2v) is 4.82. The normalized spacial score (nSPS) is 10.3. The fourth-order valence-corrected chi connectivity index (χ4v) is 1.75. The van der Waals surface area contributed by atoms with E-state index in [1.54, 1.807) is 24.3 Å². The Balaban J connectivity index is 2.51. The quantitative estimate of drug-likeness (QED) is 0.203. The lowest BCUT2D eigenvalue weighted by Crippen LogP contribution is -2.31. The number of benzene rings is 1. The van der Waals surface area contributed by atoms with Crippen LogP contribution in [-0.4, -0.2) is 52.0 Å². The van der Waals surface area contributed by atoms with Crippen molar-refractivity contribution in [1.82, 2.24) is 10.7 Å². The summed E-state index contributed by atoms with van der Waals surface area (Å²) in [6, 6.07) is 5.20. The molecule has 0 atom stereocenters. The van der Waals surface area contributed by atoms with Crippen molar-refractivity contribution >= 4 is 18.0 Å². The molecule has 8 nitrogen and oxygen atoms in total. The van der Waals surface area contributed by atoms with Crippen molar-refractivity contribution in [2.24, 2.45) is 5.10 Å². The Labute approximate surface area is 146 Å². The van der Waals surface area contributed by atoms with Crippen LogP contribution in [0.4, 0.5) is 0 Å². The van der Waals surface area contributed by atoms with Crippen LogP contribution in [0.5, 0.6) is 11.5 Å². The Morgan fingerprint density at radius 3 is 2.72 bits per heavy atom. The average molecular weight is 349 g/mol. The molecule has 136 valence electrons. The number of ether oxygens (including phenoxy) is 3. The van der Waals surface area contributed by atoms with Gasteiger partial charge in [0.15, 0.2) is 11.5 Å². The van der Waals surface area contributed by atoms with Crippen molar-refractivity contribution in [2.75, 3.05) is 34.0 Å². The molecule has 0 radical (unpaired) electrons. The predicted octanol–water partition coefficient (Wildman–Crippen LogP) is 0.863. The molecule has 1 aromatic carbocycles. The smallest absolute Gasteiger partial charge is 0.249 e. The number of hydrogen-bond acceptors (Lipinski definition) is 6. The monoisotopic (exact) mass is 349 g/mol. The molecule has 0 fully saturated rings. The van der Waals surface area contributed by atoms with Gasteiger partial charge in [-0.25, -0.2) is 5.43 Å². The van der Waals surface area contributed by atoms with Crippen LogP contribution in [0.3, 0.4) is 0 Å². The van der Waals surface area contributed by atoms with E-state index < -0.39 is 11.8 Å². The van der Waals surface area contributed by atoms with Gasteiger partial charge < -0.3 is 19.5 Å². The number of carbonyl (C=O) groups excluding carboxylic acids is 2. The molecule has 0 saturated heterocycles. The first kappa shape index (κ1) is 20.2. The van der Waals surface area contributed by atoms with Crippen molar-refractivity contribution in [3.05, 3.63) is 36.4 Å². The van der Waals surface area contributed by atoms with Gasteiger partial charge in [-0.1, -0.05) is 12.7 Å². The van der Waals surface area contributed by atoms with E-state index in [4.69, 9.17) is 14.2 Å². The van der Waals surface area contributed by atoms with Gasteiger partial charge in [-0.2, -0.15) is 5.10 Å². The summed E-state index contributed by atoms with van der Waals surface area (Å²) in [6.07, 6.45) is 2.77. The van der Waals surface area contributed by atoms with Crippen molar-refractivity contribution in [3.63, 3.8) is 0 Å². The molecular formula is C17H23N3O5. The van der Waals surface area contributed by atoms with Crippen molar-refractivity contribution < 1.29 is 23.8 Å². The number of rotatable bonds is 11. The summed E-state index contributed by atoms with van der Waals surface area (Å²) in [5, 5.41) is 6.36. The van der Waals surface area contributed by atoms with E-state index in [9.17, 15) is 9.59 Å². The lowest BCUT2D eigenvalue weighted by molar-refractivity contribution is -0.129. The van der Waals surface area contributed by atoms with Gasteiger partial charge in [-0.05, 0) is 23.8 Å². The zero-order chi connectivity index (χ0) is 18.5. The molecule has 0 aliphatic rings. The molecule has 1 aromatic rings. The molecule has 0 aliphatic carbocycles. The Hall–Kier alpha value is -2.87. The lowest BCUT2D eigenvalue weighted by Gasteiger charge is -2.09. The highest BCUT2D eigenvalue weighted by atomic mass is 16.5. The van der Waals surface area contributed by atoms with E-state index in [0.717, 1.165) is 0 Å². The number of hydrazone groups is 1. The summed E-state index contributed by atoms with van der Waals surface area (Å²) in [6.45, 7) is 4.69. The lowest BCUT2D eigenvalue weighted by atomic mass is 10.2. The molecule has 8 heteroatoms. The fraction of sp³-hybridized carbons (Fsp3) is 0.353. The molecule has 0 aliphatic heterocycles. The molecule has 0 aromatic heterocycles. The van der Waals surface area contributed by atoms with Gasteiger partial charge >= 0.3 is 0 Å². The van der Waals surface area contributed by atoms with Gasteiger partial charge in [0.05, 0.1) is 19.9 Å². The number of amides is 2. The van der Waals surface area contributed by atoms with Crippen LogP contribution in [0.15, 0.2) is 36.0 Å². The minimum atomic E-state index is -0.510. The standard InChI is InChI=1S/C17H23N3O5/c1-4-8-25-14-6-5-13(10-15(14)24-3)12-19-20-17(22)11-16(21)18-7-9-23-2/h4-6,10,12H,1,7-9,11H2,2-3H3,(H,18,21)(H,20,22)/b19-12-. The highest BCUT2D eigenvalue weighted by Gasteiger charge is 2.08. The average Bonchev–Trinajstić information content (AvgIpc) is 2.60. The maximum atomic E-state index is 11.6. The molecule has 2 amide bonds. The Morgan fingerprint density at radius 1 is 1.24 bits per heavy atom. The summed E-state index contributed by atoms with van der Waals surface area (Å²) in [7, 11) is 3.06. The molecule has 0 heterocycles. The Kier molecular flexibility index (Phi) is 9.39. The Bertz CT molecular complexity index is 616. The van der Waals surface area contributed by atoms with Crippen LogP contribution in [0.25, 0.3) is 0 Å². The van der Waals surface area contributed by atoms with Crippen LogP contribution < -0.4 is 20.2 Å². The summed E-state index contributed by atoms with van der Waals surface area (Å²) in [5.74, 6) is 0.213. The van der Waals surface area contributed by atoms with E-state index in [0.29, 0.717) is 36.8 Å². The first-order chi connectivity index (χ1) is 12.1. The number of methoxy groups -OCH3 is 2. The molecule has 0 spiro atoms. The minimum Gasteiger partial charge on any atom is -0.493 e. The molecule has 25 heavy (non-hydrogen) atoms.